The number of aryl methyl sites for hydroxylation is 1. The number of benzene rings is 2. The van der Waals surface area contributed by atoms with E-state index in [9.17, 15) is 10.1 Å². The lowest BCUT2D eigenvalue weighted by atomic mass is 9.87. The van der Waals surface area contributed by atoms with Crippen LogP contribution in [0.4, 0.5) is 5.69 Å². The number of nitro benzene ring substituents is 1. The number of hydrogen-bond acceptors (Lipinski definition) is 4. The Morgan fingerprint density at radius 1 is 1.08 bits per heavy atom. The normalized spacial score (nSPS) is 18.0. The summed E-state index contributed by atoms with van der Waals surface area (Å²) in [6.07, 6.45) is 12.2. The molecule has 0 spiro atoms. The summed E-state index contributed by atoms with van der Waals surface area (Å²) in [7, 11) is 0. The van der Waals surface area contributed by atoms with Crippen LogP contribution in [0.3, 0.4) is 0 Å². The molecule has 1 saturated heterocycles. The summed E-state index contributed by atoms with van der Waals surface area (Å²) in [5.41, 5.74) is 5.08. The van der Waals surface area contributed by atoms with Crippen LogP contribution in [0.1, 0.15) is 74.0 Å². The molecule has 1 atom stereocenters. The zero-order valence-electron chi connectivity index (χ0n) is 22.0. The summed E-state index contributed by atoms with van der Waals surface area (Å²) in [6.45, 7) is 6.25. The molecule has 1 saturated carbocycles. The molecule has 37 heavy (non-hydrogen) atoms. The molecule has 1 aromatic heterocycles. The number of nitrogens with zero attached hydrogens (tertiary/aromatic N) is 2. The lowest BCUT2D eigenvalue weighted by molar-refractivity contribution is -0.384. The second-order valence-corrected chi connectivity index (χ2v) is 10.9. The first-order chi connectivity index (χ1) is 17.6. The third-order valence-corrected chi connectivity index (χ3v) is 8.31. The first-order valence-electron chi connectivity index (χ1n) is 13.9. The highest BCUT2D eigenvalue weighted by Crippen LogP contribution is 2.37. The van der Waals surface area contributed by atoms with Gasteiger partial charge in [0, 0.05) is 47.7 Å². The highest BCUT2D eigenvalue weighted by atomic mass is 35.5. The largest absolute Gasteiger partial charge is 0.347 e. The molecule has 3 aromatic rings. The first kappa shape index (κ1) is 27.6. The van der Waals surface area contributed by atoms with Gasteiger partial charge in [0.25, 0.3) is 5.69 Å². The number of nitrogens with one attached hydrogen (secondary N) is 2. The quantitative estimate of drug-likeness (QED) is 0.240. The molecule has 1 aliphatic heterocycles. The molecule has 0 amide bonds. The van der Waals surface area contributed by atoms with Crippen molar-refractivity contribution >= 4 is 29.0 Å². The highest BCUT2D eigenvalue weighted by Gasteiger charge is 2.24. The molecule has 0 bridgehead atoms. The fourth-order valence-electron chi connectivity index (χ4n) is 6.35. The third kappa shape index (κ3) is 6.73. The molecule has 2 aromatic carbocycles. The Bertz CT molecular complexity index is 1180. The summed E-state index contributed by atoms with van der Waals surface area (Å²) in [5, 5.41) is 20.0. The number of piperidine rings is 1. The number of halogens is 1. The lowest BCUT2D eigenvalue weighted by Gasteiger charge is -2.25. The van der Waals surface area contributed by atoms with Gasteiger partial charge in [-0.05, 0) is 81.8 Å². The minimum Gasteiger partial charge on any atom is -0.347 e. The van der Waals surface area contributed by atoms with E-state index >= 15 is 0 Å². The smallest absolute Gasteiger partial charge is 0.270 e. The molecule has 5 rings (SSSR count). The van der Waals surface area contributed by atoms with E-state index in [1.807, 2.05) is 12.1 Å². The molecule has 2 N–H and O–H groups in total. The van der Waals surface area contributed by atoms with E-state index in [0.717, 1.165) is 43.5 Å². The van der Waals surface area contributed by atoms with Crippen molar-refractivity contribution in [3.63, 3.8) is 0 Å². The monoisotopic (exact) mass is 524 g/mol. The number of rotatable bonds is 9. The van der Waals surface area contributed by atoms with Crippen LogP contribution >= 0.6 is 12.4 Å². The molecule has 2 heterocycles. The molecule has 1 aliphatic carbocycles. The number of nitro groups is 1. The second-order valence-electron chi connectivity index (χ2n) is 10.9. The molecule has 200 valence electrons. The van der Waals surface area contributed by atoms with Crippen molar-refractivity contribution in [1.29, 1.82) is 0 Å². The molecule has 7 heteroatoms. The van der Waals surface area contributed by atoms with Gasteiger partial charge in [0.1, 0.15) is 0 Å². The van der Waals surface area contributed by atoms with Crippen molar-refractivity contribution in [2.75, 3.05) is 19.6 Å². The van der Waals surface area contributed by atoms with Gasteiger partial charge in [0.15, 0.2) is 0 Å². The summed E-state index contributed by atoms with van der Waals surface area (Å²) < 4.78 is 2.40. The van der Waals surface area contributed by atoms with Gasteiger partial charge in [-0.25, -0.2) is 0 Å². The Kier molecular flexibility index (Phi) is 9.63. The van der Waals surface area contributed by atoms with Gasteiger partial charge in [0.2, 0.25) is 0 Å². The average molecular weight is 525 g/mol. The molecule has 2 aliphatic rings. The van der Waals surface area contributed by atoms with E-state index in [2.05, 4.69) is 52.6 Å². The highest BCUT2D eigenvalue weighted by molar-refractivity contribution is 5.87. The Morgan fingerprint density at radius 2 is 1.86 bits per heavy atom. The zero-order chi connectivity index (χ0) is 24.9. The standard InChI is InChI=1S/C30H40N4O2.ClH/c1-22-6-5-9-24(18-22)27(14-17-32-25-12-15-31-16-13-25)29-21-33(20-23-7-3-2-4-8-23)30-11-10-26(34(35)36)19-28(29)30;/h5-6,9-11,18-19,21,23,25,27,31-32H,2-4,7-8,12-17,20H2,1H3;1H. The second kappa shape index (κ2) is 12.9. The number of non-ortho nitro benzene ring substituents is 1. The Balaban J connectivity index is 0.00000320. The van der Waals surface area contributed by atoms with E-state index in [-0.39, 0.29) is 28.9 Å². The van der Waals surface area contributed by atoms with Gasteiger partial charge in [-0.2, -0.15) is 0 Å². The molecular formula is C30H41ClN4O2. The maximum atomic E-state index is 11.7. The van der Waals surface area contributed by atoms with E-state index in [4.69, 9.17) is 0 Å². The van der Waals surface area contributed by atoms with Crippen LogP contribution in [-0.2, 0) is 6.54 Å². The van der Waals surface area contributed by atoms with Crippen LogP contribution in [0.2, 0.25) is 0 Å². The lowest BCUT2D eigenvalue weighted by Crippen LogP contribution is -2.40. The average Bonchev–Trinajstić information content (AvgIpc) is 3.25. The van der Waals surface area contributed by atoms with Gasteiger partial charge in [-0.1, -0.05) is 49.1 Å². The van der Waals surface area contributed by atoms with E-state index in [0.29, 0.717) is 12.0 Å². The van der Waals surface area contributed by atoms with Crippen molar-refractivity contribution < 1.29 is 4.92 Å². The summed E-state index contributed by atoms with van der Waals surface area (Å²) >= 11 is 0. The predicted octanol–water partition coefficient (Wildman–Crippen LogP) is 6.72. The fourth-order valence-corrected chi connectivity index (χ4v) is 6.35. The Labute approximate surface area is 226 Å². The number of hydrogen-bond donors (Lipinski definition) is 2. The maximum absolute atomic E-state index is 11.7. The summed E-state index contributed by atoms with van der Waals surface area (Å²) in [6, 6.07) is 14.8. The van der Waals surface area contributed by atoms with Crippen molar-refractivity contribution in [2.45, 2.75) is 76.8 Å². The molecular weight excluding hydrogens is 484 g/mol. The molecule has 6 nitrogen and oxygen atoms in total. The van der Waals surface area contributed by atoms with Crippen molar-refractivity contribution in [3.05, 3.63) is 75.5 Å². The van der Waals surface area contributed by atoms with Crippen LogP contribution in [0.5, 0.6) is 0 Å². The summed E-state index contributed by atoms with van der Waals surface area (Å²) in [5.74, 6) is 0.882. The predicted molar refractivity (Wildman–Crippen MR) is 154 cm³/mol. The van der Waals surface area contributed by atoms with Crippen molar-refractivity contribution in [2.24, 2.45) is 5.92 Å². The number of aromatic nitrogens is 1. The minimum absolute atomic E-state index is 0. The van der Waals surface area contributed by atoms with Gasteiger partial charge in [0.05, 0.1) is 4.92 Å². The molecule has 1 unspecified atom stereocenters. The van der Waals surface area contributed by atoms with Crippen molar-refractivity contribution in [1.82, 2.24) is 15.2 Å². The van der Waals surface area contributed by atoms with Crippen LogP contribution < -0.4 is 10.6 Å². The van der Waals surface area contributed by atoms with Gasteiger partial charge in [-0.15, -0.1) is 12.4 Å². The minimum atomic E-state index is -0.262. The Hall–Kier alpha value is -2.41. The Morgan fingerprint density at radius 3 is 2.59 bits per heavy atom. The molecule has 2 fully saturated rings. The maximum Gasteiger partial charge on any atom is 0.270 e. The molecule has 0 radical (unpaired) electrons. The SMILES string of the molecule is Cc1cccc(C(CCNC2CCNCC2)c2cn(CC3CCCCC3)c3ccc([N+](=O)[O-])cc23)c1.Cl. The topological polar surface area (TPSA) is 72.1 Å². The van der Waals surface area contributed by atoms with Crippen LogP contribution in [0, 0.1) is 23.0 Å². The van der Waals surface area contributed by atoms with Gasteiger partial charge >= 0.3 is 0 Å². The van der Waals surface area contributed by atoms with Gasteiger partial charge < -0.3 is 15.2 Å². The zero-order valence-corrected chi connectivity index (χ0v) is 22.8. The van der Waals surface area contributed by atoms with Crippen LogP contribution in [0.15, 0.2) is 48.7 Å². The van der Waals surface area contributed by atoms with Crippen LogP contribution in [0.25, 0.3) is 10.9 Å². The number of fused-ring (bicyclic) bond motifs is 1. The van der Waals surface area contributed by atoms with Gasteiger partial charge in [-0.3, -0.25) is 10.1 Å². The van der Waals surface area contributed by atoms with Crippen molar-refractivity contribution in [3.8, 4) is 0 Å². The van der Waals surface area contributed by atoms with E-state index < -0.39 is 0 Å². The summed E-state index contributed by atoms with van der Waals surface area (Å²) in [4.78, 5) is 11.4. The fraction of sp³-hybridized carbons (Fsp3) is 0.533. The van der Waals surface area contributed by atoms with E-state index in [1.165, 1.54) is 61.6 Å². The van der Waals surface area contributed by atoms with Crippen LogP contribution in [-0.4, -0.2) is 35.2 Å². The van der Waals surface area contributed by atoms with E-state index in [1.54, 1.807) is 6.07 Å². The third-order valence-electron chi connectivity index (χ3n) is 8.31. The first-order valence-corrected chi connectivity index (χ1v) is 13.9.